The molecule has 2 aromatic rings. The van der Waals surface area contributed by atoms with Crippen LogP contribution in [0.5, 0.6) is 0 Å². The van der Waals surface area contributed by atoms with Crippen LogP contribution in [-0.4, -0.2) is 24.8 Å². The summed E-state index contributed by atoms with van der Waals surface area (Å²) in [6.07, 6.45) is 0. The van der Waals surface area contributed by atoms with Gasteiger partial charge in [0.1, 0.15) is 0 Å². The zero-order valence-electron chi connectivity index (χ0n) is 13.0. The van der Waals surface area contributed by atoms with Gasteiger partial charge in [0.15, 0.2) is 0 Å². The van der Waals surface area contributed by atoms with Gasteiger partial charge in [0.2, 0.25) is 5.78 Å². The Kier molecular flexibility index (Phi) is 5.25. The molecule has 0 aliphatic carbocycles. The molecule has 0 heterocycles. The van der Waals surface area contributed by atoms with Gasteiger partial charge < -0.3 is 10.1 Å². The first-order valence-electron chi connectivity index (χ1n) is 7.07. The van der Waals surface area contributed by atoms with Crippen LogP contribution in [0.4, 0.5) is 0 Å². The number of esters is 1. The van der Waals surface area contributed by atoms with E-state index in [4.69, 9.17) is 0 Å². The van der Waals surface area contributed by atoms with Gasteiger partial charge in [-0.05, 0) is 24.6 Å². The molecule has 1 N–H and O–H groups in total. The molecule has 0 spiro atoms. The quantitative estimate of drug-likeness (QED) is 0.522. The van der Waals surface area contributed by atoms with Gasteiger partial charge in [-0.2, -0.15) is 0 Å². The second kappa shape index (κ2) is 7.35. The summed E-state index contributed by atoms with van der Waals surface area (Å²) in [7, 11) is 1.31. The zero-order chi connectivity index (χ0) is 16.8. The van der Waals surface area contributed by atoms with Gasteiger partial charge in [0.05, 0.1) is 12.7 Å². The summed E-state index contributed by atoms with van der Waals surface area (Å²) in [6, 6.07) is 13.4. The molecule has 0 aliphatic heterocycles. The Balaban J connectivity index is 1.94. The van der Waals surface area contributed by atoms with Crippen LogP contribution in [0.2, 0.25) is 0 Å². The van der Waals surface area contributed by atoms with Crippen molar-refractivity contribution in [2.45, 2.75) is 13.5 Å². The Bertz CT molecular complexity index is 718. The first-order valence-corrected chi connectivity index (χ1v) is 7.07. The molecule has 2 rings (SSSR count). The van der Waals surface area contributed by atoms with Crippen LogP contribution in [0.3, 0.4) is 0 Å². The summed E-state index contributed by atoms with van der Waals surface area (Å²) >= 11 is 0. The average Bonchev–Trinajstić information content (AvgIpc) is 2.59. The van der Waals surface area contributed by atoms with E-state index < -0.39 is 17.7 Å². The highest BCUT2D eigenvalue weighted by atomic mass is 16.5. The fourth-order valence-electron chi connectivity index (χ4n) is 1.98. The van der Waals surface area contributed by atoms with Crippen molar-refractivity contribution < 1.29 is 19.1 Å². The number of benzene rings is 2. The predicted molar refractivity (Wildman–Crippen MR) is 85.1 cm³/mol. The first kappa shape index (κ1) is 16.4. The fraction of sp³-hybridized carbons (Fsp3) is 0.167. The van der Waals surface area contributed by atoms with Crippen LogP contribution in [0.25, 0.3) is 0 Å². The van der Waals surface area contributed by atoms with E-state index in [9.17, 15) is 14.4 Å². The number of carbonyl (C=O) groups excluding carboxylic acids is 3. The zero-order valence-corrected chi connectivity index (χ0v) is 13.0. The van der Waals surface area contributed by atoms with Crippen molar-refractivity contribution in [2.24, 2.45) is 0 Å². The number of ether oxygens (including phenoxy) is 1. The maximum absolute atomic E-state index is 12.0. The van der Waals surface area contributed by atoms with Gasteiger partial charge in [0.25, 0.3) is 5.91 Å². The molecule has 1 amide bonds. The van der Waals surface area contributed by atoms with E-state index in [1.54, 1.807) is 48.5 Å². The minimum atomic E-state index is -0.661. The number of carbonyl (C=O) groups is 3. The third kappa shape index (κ3) is 4.26. The van der Waals surface area contributed by atoms with Gasteiger partial charge >= 0.3 is 5.97 Å². The first-order chi connectivity index (χ1) is 11.0. The SMILES string of the molecule is COC(=O)c1ccc(CNC(=O)C(=O)c2ccc(C)cc2)cc1. The minimum absolute atomic E-state index is 0.206. The smallest absolute Gasteiger partial charge is 0.337 e. The number of ketones is 1. The Morgan fingerprint density at radius 2 is 1.48 bits per heavy atom. The van der Waals surface area contributed by atoms with Crippen LogP contribution in [0, 0.1) is 6.92 Å². The van der Waals surface area contributed by atoms with Crippen LogP contribution >= 0.6 is 0 Å². The lowest BCUT2D eigenvalue weighted by atomic mass is 10.1. The van der Waals surface area contributed by atoms with Crippen molar-refractivity contribution in [3.05, 3.63) is 70.8 Å². The maximum Gasteiger partial charge on any atom is 0.337 e. The largest absolute Gasteiger partial charge is 0.465 e. The Labute approximate surface area is 134 Å². The molecule has 2 aromatic carbocycles. The van der Waals surface area contributed by atoms with Crippen LogP contribution in [0.15, 0.2) is 48.5 Å². The molecule has 0 radical (unpaired) electrons. The minimum Gasteiger partial charge on any atom is -0.465 e. The van der Waals surface area contributed by atoms with Gasteiger partial charge in [-0.3, -0.25) is 9.59 Å². The third-order valence-electron chi connectivity index (χ3n) is 3.35. The molecule has 0 unspecified atom stereocenters. The number of methoxy groups -OCH3 is 1. The third-order valence-corrected chi connectivity index (χ3v) is 3.35. The molecular weight excluding hydrogens is 294 g/mol. The monoisotopic (exact) mass is 311 g/mol. The van der Waals surface area contributed by atoms with Crippen LogP contribution in [-0.2, 0) is 16.1 Å². The molecule has 0 saturated carbocycles. The summed E-state index contributed by atoms with van der Waals surface area (Å²) < 4.78 is 4.61. The number of hydrogen-bond donors (Lipinski definition) is 1. The van der Waals surface area contributed by atoms with Crippen molar-refractivity contribution in [3.63, 3.8) is 0 Å². The maximum atomic E-state index is 12.0. The Morgan fingerprint density at radius 1 is 0.913 bits per heavy atom. The topological polar surface area (TPSA) is 72.5 Å². The van der Waals surface area contributed by atoms with Crippen molar-refractivity contribution in [1.82, 2.24) is 5.32 Å². The lowest BCUT2D eigenvalue weighted by Gasteiger charge is -2.06. The molecule has 118 valence electrons. The van der Waals surface area contributed by atoms with Crippen molar-refractivity contribution in [2.75, 3.05) is 7.11 Å². The van der Waals surface area contributed by atoms with Gasteiger partial charge in [-0.25, -0.2) is 4.79 Å². The fourth-order valence-corrected chi connectivity index (χ4v) is 1.98. The molecular formula is C18H17NO4. The predicted octanol–water partition coefficient (Wildman–Crippen LogP) is 2.28. The van der Waals surface area contributed by atoms with Crippen LogP contribution < -0.4 is 5.32 Å². The second-order valence-electron chi connectivity index (χ2n) is 5.07. The highest BCUT2D eigenvalue weighted by molar-refractivity contribution is 6.42. The summed E-state index contributed by atoms with van der Waals surface area (Å²) in [5.41, 5.74) is 2.59. The van der Waals surface area contributed by atoms with Gasteiger partial charge in [-0.15, -0.1) is 0 Å². The van der Waals surface area contributed by atoms with Crippen LogP contribution in [0.1, 0.15) is 31.8 Å². The molecule has 0 aliphatic rings. The van der Waals surface area contributed by atoms with Crippen molar-refractivity contribution in [1.29, 1.82) is 0 Å². The van der Waals surface area contributed by atoms with E-state index >= 15 is 0 Å². The number of rotatable bonds is 5. The van der Waals surface area contributed by atoms with E-state index in [-0.39, 0.29) is 6.54 Å². The highest BCUT2D eigenvalue weighted by Gasteiger charge is 2.15. The Hall–Kier alpha value is -2.95. The van der Waals surface area contributed by atoms with E-state index in [1.165, 1.54) is 7.11 Å². The van der Waals surface area contributed by atoms with E-state index in [1.807, 2.05) is 6.92 Å². The van der Waals surface area contributed by atoms with E-state index in [0.29, 0.717) is 11.1 Å². The molecule has 23 heavy (non-hydrogen) atoms. The molecule has 0 saturated heterocycles. The van der Waals surface area contributed by atoms with Crippen molar-refractivity contribution >= 4 is 17.7 Å². The number of hydrogen-bond acceptors (Lipinski definition) is 4. The number of Topliss-reactive ketones (excluding diaryl/α,β-unsaturated/α-hetero) is 1. The molecule has 0 aromatic heterocycles. The Morgan fingerprint density at radius 3 is 2.04 bits per heavy atom. The molecule has 5 heteroatoms. The van der Waals surface area contributed by atoms with E-state index in [0.717, 1.165) is 11.1 Å². The van der Waals surface area contributed by atoms with Gasteiger partial charge in [-0.1, -0.05) is 42.0 Å². The average molecular weight is 311 g/mol. The summed E-state index contributed by atoms with van der Waals surface area (Å²) in [5.74, 6) is -1.66. The standard InChI is InChI=1S/C18H17NO4/c1-12-3-7-14(8-4-12)16(20)17(21)19-11-13-5-9-15(10-6-13)18(22)23-2/h3-10H,11H2,1-2H3,(H,19,21). The van der Waals surface area contributed by atoms with E-state index in [2.05, 4.69) is 10.1 Å². The number of nitrogens with one attached hydrogen (secondary N) is 1. The second-order valence-corrected chi connectivity index (χ2v) is 5.07. The molecule has 0 bridgehead atoms. The highest BCUT2D eigenvalue weighted by Crippen LogP contribution is 2.07. The summed E-state index contributed by atoms with van der Waals surface area (Å²) in [4.78, 5) is 35.2. The van der Waals surface area contributed by atoms with Gasteiger partial charge in [0, 0.05) is 12.1 Å². The lowest BCUT2D eigenvalue weighted by Crippen LogP contribution is -2.30. The molecule has 5 nitrogen and oxygen atoms in total. The lowest BCUT2D eigenvalue weighted by molar-refractivity contribution is -0.117. The number of amides is 1. The number of aryl methyl sites for hydroxylation is 1. The van der Waals surface area contributed by atoms with Crippen molar-refractivity contribution in [3.8, 4) is 0 Å². The summed E-state index contributed by atoms with van der Waals surface area (Å²) in [6.45, 7) is 2.12. The normalized spacial score (nSPS) is 10.0. The summed E-state index contributed by atoms with van der Waals surface area (Å²) in [5, 5.41) is 2.57. The molecule has 0 atom stereocenters. The molecule has 0 fully saturated rings.